The van der Waals surface area contributed by atoms with Crippen LogP contribution >= 0.6 is 0 Å². The van der Waals surface area contributed by atoms with Crippen molar-refractivity contribution >= 4 is 5.91 Å². The van der Waals surface area contributed by atoms with Crippen LogP contribution in [0.15, 0.2) is 60.8 Å². The van der Waals surface area contributed by atoms with E-state index in [-0.39, 0.29) is 12.5 Å². The fourth-order valence-corrected chi connectivity index (χ4v) is 8.74. The predicted molar refractivity (Wildman–Crippen MR) is 285 cm³/mol. The maximum atomic E-state index is 12.5. The summed E-state index contributed by atoms with van der Waals surface area (Å²) in [4.78, 5) is 12.5. The molecule has 0 aromatic rings. The molecule has 0 aromatic heterocycles. The van der Waals surface area contributed by atoms with E-state index in [4.69, 9.17) is 0 Å². The number of amides is 1. The third-order valence-electron chi connectivity index (χ3n) is 13.0. The number of hydrogen-bond acceptors (Lipinski definition) is 3. The molecule has 0 aliphatic carbocycles. The molecule has 2 unspecified atom stereocenters. The molecule has 3 N–H and O–H groups in total. The van der Waals surface area contributed by atoms with E-state index in [0.29, 0.717) is 12.8 Å². The molecular weight excluding hydrogens is 783 g/mol. The first-order valence-electron chi connectivity index (χ1n) is 28.5. The molecular formula is C60H111NO3. The van der Waals surface area contributed by atoms with E-state index in [1.807, 2.05) is 0 Å². The first-order chi connectivity index (χ1) is 31.7. The van der Waals surface area contributed by atoms with Crippen molar-refractivity contribution in [3.05, 3.63) is 60.8 Å². The number of aliphatic hydroxyl groups excluding tert-OH is 2. The highest BCUT2D eigenvalue weighted by Gasteiger charge is 2.20. The molecule has 0 saturated heterocycles. The van der Waals surface area contributed by atoms with E-state index in [9.17, 15) is 15.0 Å². The van der Waals surface area contributed by atoms with E-state index in [1.54, 1.807) is 0 Å². The minimum atomic E-state index is -0.662. The van der Waals surface area contributed by atoms with Gasteiger partial charge in [0.2, 0.25) is 5.91 Å². The molecule has 1 amide bonds. The van der Waals surface area contributed by atoms with Crippen molar-refractivity contribution in [1.82, 2.24) is 5.32 Å². The van der Waals surface area contributed by atoms with Gasteiger partial charge >= 0.3 is 0 Å². The minimum absolute atomic E-state index is 0.0294. The Morgan fingerprint density at radius 1 is 0.391 bits per heavy atom. The molecule has 4 heteroatoms. The second kappa shape index (κ2) is 55.4. The quantitative estimate of drug-likeness (QED) is 0.0421. The fourth-order valence-electron chi connectivity index (χ4n) is 8.74. The second-order valence-corrected chi connectivity index (χ2v) is 19.3. The molecule has 0 spiro atoms. The highest BCUT2D eigenvalue weighted by molar-refractivity contribution is 5.76. The van der Waals surface area contributed by atoms with Gasteiger partial charge in [0.05, 0.1) is 18.8 Å². The Hall–Kier alpha value is -1.91. The van der Waals surface area contributed by atoms with Crippen LogP contribution in [0.1, 0.15) is 296 Å². The Balaban J connectivity index is 3.46. The predicted octanol–water partition coefficient (Wildman–Crippen LogP) is 18.8. The number of aliphatic hydroxyl groups is 2. The van der Waals surface area contributed by atoms with Crippen LogP contribution in [0.4, 0.5) is 0 Å². The largest absolute Gasteiger partial charge is 0.394 e. The van der Waals surface area contributed by atoms with Crippen molar-refractivity contribution in [3.8, 4) is 0 Å². The van der Waals surface area contributed by atoms with Crippen LogP contribution in [0.25, 0.3) is 0 Å². The maximum absolute atomic E-state index is 12.5. The molecule has 0 heterocycles. The zero-order chi connectivity index (χ0) is 46.3. The lowest BCUT2D eigenvalue weighted by Gasteiger charge is -2.22. The lowest BCUT2D eigenvalue weighted by atomic mass is 10.0. The molecule has 0 rings (SSSR count). The first kappa shape index (κ1) is 62.1. The molecule has 64 heavy (non-hydrogen) atoms. The van der Waals surface area contributed by atoms with Gasteiger partial charge in [-0.05, 0) is 57.8 Å². The third kappa shape index (κ3) is 51.1. The van der Waals surface area contributed by atoms with Gasteiger partial charge in [0, 0.05) is 6.42 Å². The monoisotopic (exact) mass is 894 g/mol. The molecule has 0 fully saturated rings. The number of nitrogens with one attached hydrogen (secondary N) is 1. The van der Waals surface area contributed by atoms with E-state index in [1.165, 1.54) is 212 Å². The van der Waals surface area contributed by atoms with Gasteiger partial charge < -0.3 is 15.5 Å². The van der Waals surface area contributed by atoms with E-state index in [0.717, 1.165) is 57.8 Å². The summed E-state index contributed by atoms with van der Waals surface area (Å²) in [5.41, 5.74) is 0. The normalized spacial score (nSPS) is 13.2. The Morgan fingerprint density at radius 3 is 1.03 bits per heavy atom. The topological polar surface area (TPSA) is 69.6 Å². The number of hydrogen-bond donors (Lipinski definition) is 3. The number of allylic oxidation sites excluding steroid dienone is 10. The van der Waals surface area contributed by atoms with Gasteiger partial charge in [-0.3, -0.25) is 4.79 Å². The van der Waals surface area contributed by atoms with Gasteiger partial charge in [-0.15, -0.1) is 0 Å². The third-order valence-corrected chi connectivity index (χ3v) is 13.0. The molecule has 2 atom stereocenters. The van der Waals surface area contributed by atoms with Crippen LogP contribution < -0.4 is 5.32 Å². The minimum Gasteiger partial charge on any atom is -0.394 e. The fraction of sp³-hybridized carbons (Fsp3) is 0.817. The number of carbonyl (C=O) groups excluding carboxylic acids is 1. The number of unbranched alkanes of at least 4 members (excludes halogenated alkanes) is 35. The highest BCUT2D eigenvalue weighted by Crippen LogP contribution is 2.17. The molecule has 0 aliphatic rings. The van der Waals surface area contributed by atoms with Crippen LogP contribution in [0, 0.1) is 0 Å². The van der Waals surface area contributed by atoms with Gasteiger partial charge in [-0.25, -0.2) is 0 Å². The van der Waals surface area contributed by atoms with Gasteiger partial charge in [-0.2, -0.15) is 0 Å². The SMILES string of the molecule is CC/C=C\C/C=C\C/C=C\C/C=C\C/C=C\CCCCCCCCCCCCCCCCCC(=O)NC(CO)C(O)CCCCCCCCCCCCCCCCCCCCCCC. The average molecular weight is 895 g/mol. The lowest BCUT2D eigenvalue weighted by molar-refractivity contribution is -0.123. The van der Waals surface area contributed by atoms with E-state index < -0.39 is 12.1 Å². The summed E-state index contributed by atoms with van der Waals surface area (Å²) in [7, 11) is 0. The summed E-state index contributed by atoms with van der Waals surface area (Å²) < 4.78 is 0. The number of rotatable bonds is 52. The van der Waals surface area contributed by atoms with E-state index >= 15 is 0 Å². The van der Waals surface area contributed by atoms with Gasteiger partial charge in [-0.1, -0.05) is 293 Å². The summed E-state index contributed by atoms with van der Waals surface area (Å²) in [6.45, 7) is 4.27. The molecule has 0 saturated carbocycles. The van der Waals surface area contributed by atoms with Gasteiger partial charge in [0.1, 0.15) is 0 Å². The molecule has 0 bridgehead atoms. The van der Waals surface area contributed by atoms with Gasteiger partial charge in [0.25, 0.3) is 0 Å². The Kier molecular flexibility index (Phi) is 53.8. The van der Waals surface area contributed by atoms with Crippen LogP contribution in [0.2, 0.25) is 0 Å². The van der Waals surface area contributed by atoms with Crippen molar-refractivity contribution < 1.29 is 15.0 Å². The van der Waals surface area contributed by atoms with E-state index in [2.05, 4.69) is 79.9 Å². The summed E-state index contributed by atoms with van der Waals surface area (Å²) in [6.07, 6.45) is 77.8. The van der Waals surface area contributed by atoms with Crippen molar-refractivity contribution in [1.29, 1.82) is 0 Å². The van der Waals surface area contributed by atoms with Crippen LogP contribution in [0.3, 0.4) is 0 Å². The van der Waals surface area contributed by atoms with Crippen LogP contribution in [-0.2, 0) is 4.79 Å². The Bertz CT molecular complexity index is 1060. The molecule has 0 radical (unpaired) electrons. The Morgan fingerprint density at radius 2 is 0.688 bits per heavy atom. The smallest absolute Gasteiger partial charge is 0.220 e. The van der Waals surface area contributed by atoms with Crippen molar-refractivity contribution in [3.63, 3.8) is 0 Å². The van der Waals surface area contributed by atoms with Crippen molar-refractivity contribution in [2.24, 2.45) is 0 Å². The van der Waals surface area contributed by atoms with Crippen LogP contribution in [0.5, 0.6) is 0 Å². The molecule has 4 nitrogen and oxygen atoms in total. The highest BCUT2D eigenvalue weighted by atomic mass is 16.3. The summed E-state index contributed by atoms with van der Waals surface area (Å²) >= 11 is 0. The molecule has 0 aromatic carbocycles. The molecule has 0 aliphatic heterocycles. The van der Waals surface area contributed by atoms with Crippen LogP contribution in [-0.4, -0.2) is 34.9 Å². The standard InChI is InChI=1S/C60H111NO3/c1-3-5-7-9-11-13-15-17-19-21-23-25-26-27-28-29-30-31-32-33-34-36-38-40-42-44-46-48-50-52-54-56-60(64)61-58(57-62)59(63)55-53-51-49-47-45-43-41-39-37-35-24-22-20-18-16-14-12-10-8-6-4-2/h5,7,11,13,17,19,23,25,27-28,58-59,62-63H,3-4,6,8-10,12,14-16,18,20-22,24,26,29-57H2,1-2H3,(H,61,64)/b7-5-,13-11-,19-17-,25-23-,28-27-. The molecule has 374 valence electrons. The maximum Gasteiger partial charge on any atom is 0.220 e. The average Bonchev–Trinajstić information content (AvgIpc) is 3.30. The first-order valence-corrected chi connectivity index (χ1v) is 28.5. The summed E-state index contributed by atoms with van der Waals surface area (Å²) in [6, 6.07) is -0.539. The summed E-state index contributed by atoms with van der Waals surface area (Å²) in [5, 5.41) is 23.4. The number of carbonyl (C=O) groups is 1. The lowest BCUT2D eigenvalue weighted by Crippen LogP contribution is -2.45. The zero-order valence-corrected chi connectivity index (χ0v) is 43.1. The van der Waals surface area contributed by atoms with Crippen molar-refractivity contribution in [2.45, 2.75) is 309 Å². The van der Waals surface area contributed by atoms with Gasteiger partial charge in [0.15, 0.2) is 0 Å². The Labute approximate surface area is 400 Å². The zero-order valence-electron chi connectivity index (χ0n) is 43.1. The summed E-state index contributed by atoms with van der Waals surface area (Å²) in [5.74, 6) is -0.0294. The second-order valence-electron chi connectivity index (χ2n) is 19.3. The van der Waals surface area contributed by atoms with Crippen molar-refractivity contribution in [2.75, 3.05) is 6.61 Å².